The molecule has 2 aromatic rings. The van der Waals surface area contributed by atoms with Crippen molar-refractivity contribution in [1.82, 2.24) is 14.7 Å². The summed E-state index contributed by atoms with van der Waals surface area (Å²) in [6.45, 7) is 4.45. The summed E-state index contributed by atoms with van der Waals surface area (Å²) in [5.74, 6) is 2.13. The van der Waals surface area contributed by atoms with E-state index in [1.54, 1.807) is 0 Å². The van der Waals surface area contributed by atoms with E-state index in [0.717, 1.165) is 44.5 Å². The molecule has 2 unspecified atom stereocenters. The maximum absolute atomic E-state index is 13.4. The van der Waals surface area contributed by atoms with Gasteiger partial charge < -0.3 is 9.64 Å². The number of likely N-dealkylation sites (tertiary alicyclic amines) is 1. The molecular weight excluding hydrogens is 350 g/mol. The molecule has 2 aliphatic rings. The molecule has 0 radical (unpaired) electrons. The Morgan fingerprint density at radius 1 is 1.21 bits per heavy atom. The van der Waals surface area contributed by atoms with Crippen LogP contribution >= 0.6 is 0 Å². The Bertz CT molecular complexity index is 769. The second kappa shape index (κ2) is 8.80. The molecule has 2 heterocycles. The van der Waals surface area contributed by atoms with Crippen molar-refractivity contribution in [2.45, 2.75) is 57.4 Å². The minimum Gasteiger partial charge on any atom is -0.493 e. The zero-order valence-corrected chi connectivity index (χ0v) is 16.8. The Hall–Kier alpha value is -2.30. The summed E-state index contributed by atoms with van der Waals surface area (Å²) in [4.78, 5) is 15.5. The van der Waals surface area contributed by atoms with Gasteiger partial charge in [0.1, 0.15) is 11.8 Å². The van der Waals surface area contributed by atoms with E-state index in [4.69, 9.17) is 4.74 Å². The van der Waals surface area contributed by atoms with E-state index in [2.05, 4.69) is 23.0 Å². The van der Waals surface area contributed by atoms with E-state index < -0.39 is 0 Å². The number of ether oxygens (including phenoxy) is 1. The summed E-state index contributed by atoms with van der Waals surface area (Å²) in [7, 11) is 0. The maximum Gasteiger partial charge on any atom is 0.247 e. The van der Waals surface area contributed by atoms with E-state index in [0.29, 0.717) is 18.4 Å². The van der Waals surface area contributed by atoms with Crippen molar-refractivity contribution in [1.29, 1.82) is 0 Å². The third kappa shape index (κ3) is 4.40. The molecule has 1 saturated carbocycles. The van der Waals surface area contributed by atoms with Gasteiger partial charge in [0.05, 0.1) is 6.61 Å². The van der Waals surface area contributed by atoms with Gasteiger partial charge in [-0.05, 0) is 50.3 Å². The Morgan fingerprint density at radius 2 is 2.04 bits per heavy atom. The van der Waals surface area contributed by atoms with E-state index in [1.165, 1.54) is 18.5 Å². The lowest BCUT2D eigenvalue weighted by atomic mass is 9.97. The molecule has 2 atom stereocenters. The zero-order chi connectivity index (χ0) is 19.3. The Morgan fingerprint density at radius 3 is 2.79 bits per heavy atom. The van der Waals surface area contributed by atoms with E-state index >= 15 is 0 Å². The fourth-order valence-electron chi connectivity index (χ4n) is 4.25. The largest absolute Gasteiger partial charge is 0.493 e. The molecule has 0 N–H and O–H groups in total. The molecule has 150 valence electrons. The van der Waals surface area contributed by atoms with Crippen LogP contribution in [0.25, 0.3) is 0 Å². The molecule has 5 heteroatoms. The van der Waals surface area contributed by atoms with Crippen LogP contribution in [0.5, 0.6) is 5.75 Å². The lowest BCUT2D eigenvalue weighted by Crippen LogP contribution is -2.45. The number of carbonyl (C=O) groups is 1. The first-order valence-corrected chi connectivity index (χ1v) is 10.8. The average molecular weight is 382 g/mol. The van der Waals surface area contributed by atoms with Gasteiger partial charge in [0.15, 0.2) is 0 Å². The minimum atomic E-state index is -0.163. The number of amides is 1. The number of hydrogen-bond donors (Lipinski definition) is 0. The Labute approximate surface area is 167 Å². The summed E-state index contributed by atoms with van der Waals surface area (Å²) in [5, 5.41) is 4.55. The highest BCUT2D eigenvalue weighted by Gasteiger charge is 2.34. The summed E-state index contributed by atoms with van der Waals surface area (Å²) >= 11 is 0. The smallest absolute Gasteiger partial charge is 0.247 e. The van der Waals surface area contributed by atoms with Crippen molar-refractivity contribution in [3.05, 3.63) is 48.3 Å². The van der Waals surface area contributed by atoms with Crippen LogP contribution in [0.4, 0.5) is 0 Å². The fraction of sp³-hybridized carbons (Fsp3) is 0.565. The Balaban J connectivity index is 1.41. The predicted molar refractivity (Wildman–Crippen MR) is 109 cm³/mol. The quantitative estimate of drug-likeness (QED) is 0.680. The van der Waals surface area contributed by atoms with Crippen LogP contribution < -0.4 is 4.74 Å². The van der Waals surface area contributed by atoms with Gasteiger partial charge in [0, 0.05) is 36.8 Å². The summed E-state index contributed by atoms with van der Waals surface area (Å²) in [6, 6.07) is 11.9. The molecular formula is C23H31N3O2. The highest BCUT2D eigenvalue weighted by molar-refractivity contribution is 5.80. The second-order valence-corrected chi connectivity index (χ2v) is 8.20. The third-order valence-corrected chi connectivity index (χ3v) is 5.90. The van der Waals surface area contributed by atoms with Crippen LogP contribution in [0.1, 0.15) is 63.1 Å². The first kappa shape index (κ1) is 19.0. The molecule has 5 nitrogen and oxygen atoms in total. The zero-order valence-electron chi connectivity index (χ0n) is 16.8. The third-order valence-electron chi connectivity index (χ3n) is 5.90. The topological polar surface area (TPSA) is 47.4 Å². The van der Waals surface area contributed by atoms with Crippen LogP contribution in [0.2, 0.25) is 0 Å². The number of para-hydroxylation sites is 1. The van der Waals surface area contributed by atoms with Gasteiger partial charge in [-0.25, -0.2) is 0 Å². The number of aromatic nitrogens is 2. The van der Waals surface area contributed by atoms with Crippen molar-refractivity contribution in [3.63, 3.8) is 0 Å². The van der Waals surface area contributed by atoms with Crippen LogP contribution in [0, 0.1) is 5.92 Å². The standard InChI is InChI=1S/C23H31N3O2/c1-2-7-22(26-21(13-14-24-26)19-11-12-19)23(27)25-15-6-8-18(16-25)17-28-20-9-4-3-5-10-20/h3-5,9-10,13-14,18-19,22H,2,6-8,11-12,15-17H2,1H3. The normalized spacial score (nSPS) is 20.8. The molecule has 0 spiro atoms. The number of rotatable bonds is 8. The van der Waals surface area contributed by atoms with Crippen LogP contribution in [0.3, 0.4) is 0 Å². The molecule has 4 rings (SSSR count). The summed E-state index contributed by atoms with van der Waals surface area (Å²) in [5.41, 5.74) is 1.24. The fourth-order valence-corrected chi connectivity index (χ4v) is 4.25. The number of carbonyl (C=O) groups excluding carboxylic acids is 1. The van der Waals surface area contributed by atoms with Gasteiger partial charge in [-0.15, -0.1) is 0 Å². The molecule has 1 saturated heterocycles. The second-order valence-electron chi connectivity index (χ2n) is 8.20. The van der Waals surface area contributed by atoms with Crippen molar-refractivity contribution < 1.29 is 9.53 Å². The molecule has 1 aliphatic carbocycles. The summed E-state index contributed by atoms with van der Waals surface area (Å²) < 4.78 is 7.98. The highest BCUT2D eigenvalue weighted by atomic mass is 16.5. The van der Waals surface area contributed by atoms with Gasteiger partial charge in [-0.1, -0.05) is 31.5 Å². The molecule has 0 bridgehead atoms. The van der Waals surface area contributed by atoms with Crippen LogP contribution in [0.15, 0.2) is 42.6 Å². The minimum absolute atomic E-state index is 0.163. The molecule has 28 heavy (non-hydrogen) atoms. The average Bonchev–Trinajstić information content (AvgIpc) is 3.48. The summed E-state index contributed by atoms with van der Waals surface area (Å²) in [6.07, 6.45) is 8.29. The molecule has 2 fully saturated rings. The van der Waals surface area contributed by atoms with Crippen molar-refractivity contribution in [2.24, 2.45) is 5.92 Å². The molecule has 1 aromatic carbocycles. The maximum atomic E-state index is 13.4. The van der Waals surface area contributed by atoms with E-state index in [9.17, 15) is 4.79 Å². The lowest BCUT2D eigenvalue weighted by Gasteiger charge is -2.35. The highest BCUT2D eigenvalue weighted by Crippen LogP contribution is 2.41. The monoisotopic (exact) mass is 381 g/mol. The van der Waals surface area contributed by atoms with Gasteiger partial charge >= 0.3 is 0 Å². The van der Waals surface area contributed by atoms with Gasteiger partial charge in [0.2, 0.25) is 5.91 Å². The number of hydrogen-bond acceptors (Lipinski definition) is 3. The molecule has 1 aliphatic heterocycles. The number of benzene rings is 1. The molecule has 1 amide bonds. The molecule has 1 aromatic heterocycles. The van der Waals surface area contributed by atoms with Crippen molar-refractivity contribution >= 4 is 5.91 Å². The van der Waals surface area contributed by atoms with Crippen LogP contribution in [-0.4, -0.2) is 40.3 Å². The predicted octanol–water partition coefficient (Wildman–Crippen LogP) is 4.42. The number of piperidine rings is 1. The lowest BCUT2D eigenvalue weighted by molar-refractivity contribution is -0.137. The van der Waals surface area contributed by atoms with Crippen LogP contribution in [-0.2, 0) is 4.79 Å². The first-order valence-electron chi connectivity index (χ1n) is 10.8. The Kier molecular flexibility index (Phi) is 5.98. The van der Waals surface area contributed by atoms with Gasteiger partial charge in [-0.2, -0.15) is 5.10 Å². The van der Waals surface area contributed by atoms with Gasteiger partial charge in [0.25, 0.3) is 0 Å². The van der Waals surface area contributed by atoms with Gasteiger partial charge in [-0.3, -0.25) is 9.48 Å². The number of nitrogens with zero attached hydrogens (tertiary/aromatic N) is 3. The van der Waals surface area contributed by atoms with Crippen molar-refractivity contribution in [2.75, 3.05) is 19.7 Å². The SMILES string of the molecule is CCCC(C(=O)N1CCCC(COc2ccccc2)C1)n1nccc1C1CC1. The first-order chi connectivity index (χ1) is 13.8. The van der Waals surface area contributed by atoms with Crippen molar-refractivity contribution in [3.8, 4) is 5.75 Å². The van der Waals surface area contributed by atoms with E-state index in [-0.39, 0.29) is 11.9 Å². The van der Waals surface area contributed by atoms with E-state index in [1.807, 2.05) is 41.2 Å².